The monoisotopic (exact) mass is 564 g/mol. The minimum atomic E-state index is -0.162. The van der Waals surface area contributed by atoms with Crippen LogP contribution in [0.5, 0.6) is 5.75 Å². The van der Waals surface area contributed by atoms with Crippen molar-refractivity contribution in [2.45, 2.75) is 12.8 Å². The van der Waals surface area contributed by atoms with Gasteiger partial charge in [0.15, 0.2) is 0 Å². The minimum absolute atomic E-state index is 0.162. The smallest absolute Gasteiger partial charge is 0.243 e. The molecule has 1 saturated heterocycles. The maximum Gasteiger partial charge on any atom is 0.243 e. The van der Waals surface area contributed by atoms with Gasteiger partial charge in [0.2, 0.25) is 12.3 Å². The molecule has 1 aliphatic heterocycles. The number of rotatable bonds is 14. The van der Waals surface area contributed by atoms with Crippen molar-refractivity contribution in [3.05, 3.63) is 24.3 Å². The molecule has 10 heteroatoms. The normalized spacial score (nSPS) is 14.6. The average molecular weight is 564 g/mol. The number of para-hydroxylation sites is 2. The molecule has 2 amide bonds. The number of amides is 2. The number of likely N-dealkylation sites (N-methyl/N-ethyl adjacent to an activating group) is 1. The summed E-state index contributed by atoms with van der Waals surface area (Å²) in [4.78, 5) is 31.6. The third-order valence-corrected chi connectivity index (χ3v) is 6.39. The molecular weight excluding hydrogens is 531 g/mol. The highest BCUT2D eigenvalue weighted by Crippen LogP contribution is 2.28. The summed E-state index contributed by atoms with van der Waals surface area (Å²) in [6.07, 6.45) is 2.43. The van der Waals surface area contributed by atoms with Gasteiger partial charge in [-0.1, -0.05) is 12.1 Å². The van der Waals surface area contributed by atoms with E-state index >= 15 is 0 Å². The van der Waals surface area contributed by atoms with Crippen molar-refractivity contribution in [2.75, 3.05) is 78.0 Å². The maximum absolute atomic E-state index is 12.3. The summed E-state index contributed by atoms with van der Waals surface area (Å²) < 4.78 is 10.7. The molecular formula is C21H33IN4O4S. The SMILES string of the molecule is COc1ccccc1N1CCN(CCCCN(C=O)C(=O)CN(C)CCOSI)CC1. The molecule has 1 aromatic carbocycles. The third-order valence-electron chi connectivity index (χ3n) is 5.38. The molecule has 1 heterocycles. The Labute approximate surface area is 202 Å². The Morgan fingerprint density at radius 1 is 1.19 bits per heavy atom. The van der Waals surface area contributed by atoms with Crippen LogP contribution in [-0.4, -0.2) is 100 Å². The number of anilines is 1. The second-order valence-electron chi connectivity index (χ2n) is 7.52. The molecule has 174 valence electrons. The summed E-state index contributed by atoms with van der Waals surface area (Å²) in [6, 6.07) is 8.13. The van der Waals surface area contributed by atoms with E-state index in [1.165, 1.54) is 14.1 Å². The van der Waals surface area contributed by atoms with Crippen molar-refractivity contribution < 1.29 is 18.5 Å². The van der Waals surface area contributed by atoms with Gasteiger partial charge in [0.25, 0.3) is 0 Å². The van der Waals surface area contributed by atoms with Crippen molar-refractivity contribution in [3.8, 4) is 5.75 Å². The van der Waals surface area contributed by atoms with E-state index in [4.69, 9.17) is 8.92 Å². The van der Waals surface area contributed by atoms with Gasteiger partial charge in [-0.3, -0.25) is 24.3 Å². The number of piperazine rings is 1. The van der Waals surface area contributed by atoms with E-state index < -0.39 is 0 Å². The van der Waals surface area contributed by atoms with Crippen LogP contribution in [0.4, 0.5) is 5.69 Å². The maximum atomic E-state index is 12.3. The van der Waals surface area contributed by atoms with E-state index in [1.54, 1.807) is 7.11 Å². The first kappa shape index (κ1) is 26.2. The van der Waals surface area contributed by atoms with Gasteiger partial charge in [0.05, 0.1) is 35.2 Å². The molecule has 0 atom stereocenters. The second-order valence-corrected chi connectivity index (χ2v) is 8.96. The zero-order chi connectivity index (χ0) is 22.5. The number of ether oxygens (including phenoxy) is 1. The van der Waals surface area contributed by atoms with Crippen molar-refractivity contribution in [1.29, 1.82) is 0 Å². The fourth-order valence-electron chi connectivity index (χ4n) is 3.58. The van der Waals surface area contributed by atoms with E-state index in [1.807, 2.05) is 30.1 Å². The number of benzene rings is 1. The lowest BCUT2D eigenvalue weighted by atomic mass is 10.2. The van der Waals surface area contributed by atoms with Crippen LogP contribution in [-0.2, 0) is 13.8 Å². The molecule has 2 rings (SSSR count). The number of imide groups is 1. The fourth-order valence-corrected chi connectivity index (χ4v) is 4.26. The molecule has 31 heavy (non-hydrogen) atoms. The molecule has 0 unspecified atom stereocenters. The molecule has 1 aliphatic rings. The minimum Gasteiger partial charge on any atom is -0.495 e. The predicted octanol–water partition coefficient (Wildman–Crippen LogP) is 2.53. The predicted molar refractivity (Wildman–Crippen MR) is 134 cm³/mol. The highest BCUT2D eigenvalue weighted by Gasteiger charge is 2.19. The highest BCUT2D eigenvalue weighted by atomic mass is 127. The largest absolute Gasteiger partial charge is 0.495 e. The Hall–Kier alpha value is -1.08. The molecule has 1 fully saturated rings. The summed E-state index contributed by atoms with van der Waals surface area (Å²) in [5, 5.41) is 0. The molecule has 0 aliphatic carbocycles. The summed E-state index contributed by atoms with van der Waals surface area (Å²) in [5.74, 6) is 0.752. The molecule has 0 radical (unpaired) electrons. The van der Waals surface area contributed by atoms with Gasteiger partial charge in [-0.05, 0) is 38.6 Å². The van der Waals surface area contributed by atoms with Crippen molar-refractivity contribution in [3.63, 3.8) is 0 Å². The Balaban J connectivity index is 1.64. The van der Waals surface area contributed by atoms with E-state index in [2.05, 4.69) is 37.1 Å². The highest BCUT2D eigenvalue weighted by molar-refractivity contribution is 14.2. The first-order valence-corrected chi connectivity index (χ1v) is 13.8. The Morgan fingerprint density at radius 2 is 1.94 bits per heavy atom. The zero-order valence-corrected chi connectivity index (χ0v) is 21.3. The zero-order valence-electron chi connectivity index (χ0n) is 18.4. The number of hydrogen-bond acceptors (Lipinski definition) is 8. The Kier molecular flexibility index (Phi) is 12.6. The van der Waals surface area contributed by atoms with Crippen molar-refractivity contribution in [1.82, 2.24) is 14.7 Å². The summed E-state index contributed by atoms with van der Waals surface area (Å²) in [5.41, 5.74) is 1.15. The summed E-state index contributed by atoms with van der Waals surface area (Å²) in [6.45, 7) is 6.78. The van der Waals surface area contributed by atoms with Crippen molar-refractivity contribution >= 4 is 48.4 Å². The van der Waals surface area contributed by atoms with E-state index in [-0.39, 0.29) is 12.5 Å². The number of carbonyl (C=O) groups is 2. The molecule has 0 saturated carbocycles. The van der Waals surface area contributed by atoms with Crippen molar-refractivity contribution in [2.24, 2.45) is 0 Å². The van der Waals surface area contributed by atoms with Crippen LogP contribution in [0.25, 0.3) is 0 Å². The van der Waals surface area contributed by atoms with Crippen LogP contribution in [0, 0.1) is 0 Å². The lowest BCUT2D eigenvalue weighted by Gasteiger charge is -2.36. The van der Waals surface area contributed by atoms with Gasteiger partial charge < -0.3 is 13.8 Å². The topological polar surface area (TPSA) is 65.6 Å². The Bertz CT molecular complexity index is 677. The van der Waals surface area contributed by atoms with E-state index in [9.17, 15) is 9.59 Å². The first-order valence-electron chi connectivity index (χ1n) is 10.5. The molecule has 0 bridgehead atoms. The number of halogens is 1. The summed E-state index contributed by atoms with van der Waals surface area (Å²) >= 11 is 2.06. The molecule has 8 nitrogen and oxygen atoms in total. The average Bonchev–Trinajstić information content (AvgIpc) is 2.79. The Morgan fingerprint density at radius 3 is 2.61 bits per heavy atom. The molecule has 1 aromatic rings. The molecule has 0 spiro atoms. The third kappa shape index (κ3) is 9.13. The number of methoxy groups -OCH3 is 1. The van der Waals surface area contributed by atoms with Crippen LogP contribution in [0.3, 0.4) is 0 Å². The van der Waals surface area contributed by atoms with Gasteiger partial charge in [-0.15, -0.1) is 0 Å². The van der Waals surface area contributed by atoms with Gasteiger partial charge in [0, 0.05) is 60.5 Å². The van der Waals surface area contributed by atoms with Crippen LogP contribution >= 0.6 is 30.4 Å². The van der Waals surface area contributed by atoms with Crippen LogP contribution in [0.2, 0.25) is 0 Å². The fraction of sp³-hybridized carbons (Fsp3) is 0.619. The number of hydrogen-bond donors (Lipinski definition) is 0. The molecule has 0 aromatic heterocycles. The second kappa shape index (κ2) is 14.9. The van der Waals surface area contributed by atoms with E-state index in [0.717, 1.165) is 57.0 Å². The van der Waals surface area contributed by atoms with Crippen LogP contribution < -0.4 is 9.64 Å². The lowest BCUT2D eigenvalue weighted by Crippen LogP contribution is -2.46. The van der Waals surface area contributed by atoms with Crippen LogP contribution in [0.1, 0.15) is 12.8 Å². The molecule has 0 N–H and O–H groups in total. The standard InChI is InChI=1S/C21H33IN4O4S/c1-23(15-16-30-31-22)17-21(28)26(18-27)10-6-5-9-24-11-13-25(14-12-24)19-7-3-4-8-20(19)29-2/h3-4,7-8,18H,5-6,9-17H2,1-2H3. The van der Waals surface area contributed by atoms with Gasteiger partial charge in [-0.25, -0.2) is 0 Å². The van der Waals surface area contributed by atoms with Gasteiger partial charge in [-0.2, -0.15) is 0 Å². The van der Waals surface area contributed by atoms with E-state index in [0.29, 0.717) is 26.1 Å². The van der Waals surface area contributed by atoms with Gasteiger partial charge in [0.1, 0.15) is 5.75 Å². The van der Waals surface area contributed by atoms with Crippen LogP contribution in [0.15, 0.2) is 24.3 Å². The first-order chi connectivity index (χ1) is 15.1. The number of carbonyl (C=O) groups excluding carboxylic acids is 2. The van der Waals surface area contributed by atoms with Gasteiger partial charge >= 0.3 is 0 Å². The summed E-state index contributed by atoms with van der Waals surface area (Å²) in [7, 11) is 4.84. The number of nitrogens with zero attached hydrogens (tertiary/aromatic N) is 4. The number of unbranched alkanes of at least 4 members (excludes halogenated alkanes) is 1. The quantitative estimate of drug-likeness (QED) is 0.148. The lowest BCUT2D eigenvalue weighted by molar-refractivity contribution is -0.138.